The van der Waals surface area contributed by atoms with Gasteiger partial charge in [0.2, 0.25) is 6.10 Å². The molecule has 0 aromatic carbocycles. The highest BCUT2D eigenvalue weighted by Gasteiger charge is 2.36. The van der Waals surface area contributed by atoms with Crippen LogP contribution in [-0.2, 0) is 9.53 Å². The Bertz CT molecular complexity index is 392. The number of hydrogen-bond donors (Lipinski definition) is 1. The summed E-state index contributed by atoms with van der Waals surface area (Å²) in [5.41, 5.74) is 0.582. The summed E-state index contributed by atoms with van der Waals surface area (Å²) >= 11 is 0. The number of carbonyl (C=O) groups is 2. The number of aromatic nitrogens is 1. The van der Waals surface area contributed by atoms with Gasteiger partial charge in [0.25, 0.3) is 0 Å². The van der Waals surface area contributed by atoms with Crippen molar-refractivity contribution in [2.24, 2.45) is 0 Å². The van der Waals surface area contributed by atoms with Crippen molar-refractivity contribution in [1.29, 1.82) is 0 Å². The van der Waals surface area contributed by atoms with E-state index in [1.54, 1.807) is 12.1 Å². The molecule has 1 aromatic rings. The van der Waals surface area contributed by atoms with Gasteiger partial charge in [-0.05, 0) is 12.1 Å². The number of rotatable bonds is 2. The summed E-state index contributed by atoms with van der Waals surface area (Å²) in [4.78, 5) is 27.0. The third-order valence-corrected chi connectivity index (χ3v) is 2.06. The maximum absolute atomic E-state index is 11.3. The van der Waals surface area contributed by atoms with Crippen molar-refractivity contribution in [3.05, 3.63) is 24.5 Å². The average molecular weight is 208 g/mol. The van der Waals surface area contributed by atoms with Crippen molar-refractivity contribution in [2.75, 3.05) is 11.4 Å². The van der Waals surface area contributed by atoms with Gasteiger partial charge < -0.3 is 9.84 Å². The van der Waals surface area contributed by atoms with Crippen molar-refractivity contribution in [2.45, 2.75) is 6.10 Å². The van der Waals surface area contributed by atoms with Gasteiger partial charge in [0.1, 0.15) is 0 Å². The molecule has 1 fully saturated rings. The van der Waals surface area contributed by atoms with E-state index in [1.165, 1.54) is 17.3 Å². The van der Waals surface area contributed by atoms with Crippen LogP contribution in [0.1, 0.15) is 0 Å². The summed E-state index contributed by atoms with van der Waals surface area (Å²) in [6, 6.07) is 3.23. The van der Waals surface area contributed by atoms with Gasteiger partial charge in [-0.15, -0.1) is 0 Å². The van der Waals surface area contributed by atoms with Crippen LogP contribution in [0.2, 0.25) is 0 Å². The van der Waals surface area contributed by atoms with Gasteiger partial charge in [0.05, 0.1) is 12.2 Å². The van der Waals surface area contributed by atoms with Crippen LogP contribution in [0.4, 0.5) is 10.5 Å². The van der Waals surface area contributed by atoms with Crippen LogP contribution in [0.5, 0.6) is 0 Å². The molecular formula is C9H8N2O4. The lowest BCUT2D eigenvalue weighted by atomic mass is 10.3. The van der Waals surface area contributed by atoms with Crippen molar-refractivity contribution in [1.82, 2.24) is 4.98 Å². The number of nitrogens with zero attached hydrogens (tertiary/aromatic N) is 2. The third-order valence-electron chi connectivity index (χ3n) is 2.06. The largest absolute Gasteiger partial charge is 0.478 e. The number of carbonyl (C=O) groups excluding carboxylic acids is 1. The maximum atomic E-state index is 11.3. The van der Waals surface area contributed by atoms with E-state index in [4.69, 9.17) is 5.11 Å². The molecule has 0 unspecified atom stereocenters. The smallest absolute Gasteiger partial charge is 0.415 e. The number of carboxylic acid groups (broad SMARTS) is 1. The van der Waals surface area contributed by atoms with Gasteiger partial charge in [0.15, 0.2) is 0 Å². The SMILES string of the molecule is O=C(O)[C@H]1CN(c2ccncc2)C(=O)O1. The van der Waals surface area contributed by atoms with E-state index in [0.29, 0.717) is 5.69 Å². The molecule has 1 aliphatic rings. The number of amides is 1. The molecule has 1 atom stereocenters. The van der Waals surface area contributed by atoms with Gasteiger partial charge in [-0.1, -0.05) is 0 Å². The second-order valence-electron chi connectivity index (χ2n) is 3.03. The lowest BCUT2D eigenvalue weighted by molar-refractivity contribution is -0.144. The van der Waals surface area contributed by atoms with E-state index in [-0.39, 0.29) is 6.54 Å². The Morgan fingerprint density at radius 1 is 1.53 bits per heavy atom. The number of pyridine rings is 1. The molecule has 2 rings (SSSR count). The minimum absolute atomic E-state index is 0.0260. The summed E-state index contributed by atoms with van der Waals surface area (Å²) in [7, 11) is 0. The summed E-state index contributed by atoms with van der Waals surface area (Å²) in [5, 5.41) is 8.68. The first kappa shape index (κ1) is 9.45. The monoisotopic (exact) mass is 208 g/mol. The normalized spacial score (nSPS) is 20.1. The van der Waals surface area contributed by atoms with Crippen LogP contribution in [0, 0.1) is 0 Å². The van der Waals surface area contributed by atoms with Gasteiger partial charge in [-0.25, -0.2) is 9.59 Å². The second kappa shape index (κ2) is 3.56. The Morgan fingerprint density at radius 3 is 2.73 bits per heavy atom. The number of aliphatic carboxylic acids is 1. The molecule has 2 heterocycles. The van der Waals surface area contributed by atoms with Gasteiger partial charge in [-0.2, -0.15) is 0 Å². The Morgan fingerprint density at radius 2 is 2.20 bits per heavy atom. The fraction of sp³-hybridized carbons (Fsp3) is 0.222. The molecule has 1 amide bonds. The van der Waals surface area contributed by atoms with Crippen molar-refractivity contribution in [3.8, 4) is 0 Å². The number of ether oxygens (including phenoxy) is 1. The molecule has 15 heavy (non-hydrogen) atoms. The van der Waals surface area contributed by atoms with Crippen LogP contribution in [0.25, 0.3) is 0 Å². The lowest BCUT2D eigenvalue weighted by Crippen LogP contribution is -2.27. The molecule has 1 saturated heterocycles. The number of carboxylic acids is 1. The molecule has 0 saturated carbocycles. The zero-order chi connectivity index (χ0) is 10.8. The van der Waals surface area contributed by atoms with Gasteiger partial charge in [-0.3, -0.25) is 9.88 Å². The molecule has 1 N–H and O–H groups in total. The average Bonchev–Trinajstić information content (AvgIpc) is 2.62. The Labute approximate surface area is 85.1 Å². The van der Waals surface area contributed by atoms with Crippen molar-refractivity contribution >= 4 is 17.7 Å². The first-order valence-corrected chi connectivity index (χ1v) is 4.29. The van der Waals surface area contributed by atoms with Crippen molar-refractivity contribution in [3.63, 3.8) is 0 Å². The van der Waals surface area contributed by atoms with Crippen molar-refractivity contribution < 1.29 is 19.4 Å². The topological polar surface area (TPSA) is 79.7 Å². The van der Waals surface area contributed by atoms with Crippen LogP contribution in [-0.4, -0.2) is 34.8 Å². The lowest BCUT2D eigenvalue weighted by Gasteiger charge is -2.11. The molecule has 0 bridgehead atoms. The first-order valence-electron chi connectivity index (χ1n) is 4.29. The number of anilines is 1. The zero-order valence-corrected chi connectivity index (χ0v) is 7.66. The molecule has 1 aromatic heterocycles. The second-order valence-corrected chi connectivity index (χ2v) is 3.03. The Kier molecular flexibility index (Phi) is 2.24. The summed E-state index contributed by atoms with van der Waals surface area (Å²) in [6.45, 7) is 0.0260. The predicted molar refractivity (Wildman–Crippen MR) is 49.5 cm³/mol. The molecule has 1 aliphatic heterocycles. The highest BCUT2D eigenvalue weighted by molar-refractivity contribution is 5.93. The molecule has 6 nitrogen and oxygen atoms in total. The summed E-state index contributed by atoms with van der Waals surface area (Å²) < 4.78 is 4.66. The van der Waals surface area contributed by atoms with E-state index in [0.717, 1.165) is 0 Å². The summed E-state index contributed by atoms with van der Waals surface area (Å²) in [5.74, 6) is -1.14. The van der Waals surface area contributed by atoms with Crippen LogP contribution in [0.3, 0.4) is 0 Å². The highest BCUT2D eigenvalue weighted by atomic mass is 16.6. The quantitative estimate of drug-likeness (QED) is 0.765. The summed E-state index contributed by atoms with van der Waals surface area (Å²) in [6.07, 6.45) is 1.31. The van der Waals surface area contributed by atoms with E-state index in [2.05, 4.69) is 9.72 Å². The fourth-order valence-electron chi connectivity index (χ4n) is 1.33. The number of hydrogen-bond acceptors (Lipinski definition) is 4. The number of cyclic esters (lactones) is 1. The first-order chi connectivity index (χ1) is 7.18. The molecule has 0 spiro atoms. The molecule has 0 aliphatic carbocycles. The van der Waals surface area contributed by atoms with E-state index < -0.39 is 18.2 Å². The third kappa shape index (κ3) is 1.74. The van der Waals surface area contributed by atoms with Gasteiger partial charge >= 0.3 is 12.1 Å². The minimum Gasteiger partial charge on any atom is -0.478 e. The minimum atomic E-state index is -1.14. The Balaban J connectivity index is 2.19. The van der Waals surface area contributed by atoms with Crippen LogP contribution in [0.15, 0.2) is 24.5 Å². The van der Waals surface area contributed by atoms with E-state index in [1.807, 2.05) is 0 Å². The molecular weight excluding hydrogens is 200 g/mol. The molecule has 78 valence electrons. The maximum Gasteiger partial charge on any atom is 0.415 e. The standard InChI is InChI=1S/C9H8N2O4/c12-8(13)7-5-11(9(14)15-7)6-1-3-10-4-2-6/h1-4,7H,5H2,(H,12,13)/t7-/m1/s1. The van der Waals surface area contributed by atoms with E-state index >= 15 is 0 Å². The highest BCUT2D eigenvalue weighted by Crippen LogP contribution is 2.20. The van der Waals surface area contributed by atoms with Crippen LogP contribution < -0.4 is 4.90 Å². The fourth-order valence-corrected chi connectivity index (χ4v) is 1.33. The van der Waals surface area contributed by atoms with E-state index in [9.17, 15) is 9.59 Å². The predicted octanol–water partition coefficient (Wildman–Crippen LogP) is 0.491. The zero-order valence-electron chi connectivity index (χ0n) is 7.66. The van der Waals surface area contributed by atoms with Crippen LogP contribution >= 0.6 is 0 Å². The Hall–Kier alpha value is -2.11. The molecule has 6 heteroatoms. The van der Waals surface area contributed by atoms with Gasteiger partial charge in [0, 0.05) is 12.4 Å². The molecule has 0 radical (unpaired) electrons.